The average Bonchev–Trinajstić information content (AvgIpc) is 2.95. The first-order valence-corrected chi connectivity index (χ1v) is 8.82. The maximum absolute atomic E-state index is 3.78. The van der Waals surface area contributed by atoms with E-state index in [-0.39, 0.29) is 0 Å². The van der Waals surface area contributed by atoms with Crippen LogP contribution in [0.3, 0.4) is 0 Å². The molecular formula is C19H25NS. The van der Waals surface area contributed by atoms with Gasteiger partial charge in [-0.25, -0.2) is 0 Å². The van der Waals surface area contributed by atoms with Crippen LogP contribution in [-0.2, 0) is 18.4 Å². The second-order valence-electron chi connectivity index (χ2n) is 6.66. The molecular weight excluding hydrogens is 274 g/mol. The molecule has 112 valence electrons. The van der Waals surface area contributed by atoms with Crippen LogP contribution in [0.25, 0.3) is 0 Å². The fraction of sp³-hybridized carbons (Fsp3) is 0.474. The van der Waals surface area contributed by atoms with E-state index >= 15 is 0 Å². The van der Waals surface area contributed by atoms with Crippen LogP contribution in [0.1, 0.15) is 60.5 Å². The van der Waals surface area contributed by atoms with Crippen molar-refractivity contribution in [3.8, 4) is 0 Å². The first kappa shape index (κ1) is 14.8. The lowest BCUT2D eigenvalue weighted by Crippen LogP contribution is -2.32. The molecule has 0 spiro atoms. The van der Waals surface area contributed by atoms with Crippen molar-refractivity contribution in [1.29, 1.82) is 0 Å². The van der Waals surface area contributed by atoms with Gasteiger partial charge in [0.1, 0.15) is 0 Å². The predicted octanol–water partition coefficient (Wildman–Crippen LogP) is 5.21. The Morgan fingerprint density at radius 2 is 1.90 bits per heavy atom. The number of aryl methyl sites for hydroxylation is 1. The summed E-state index contributed by atoms with van der Waals surface area (Å²) in [5.41, 5.74) is 3.34. The first-order valence-electron chi connectivity index (χ1n) is 8.00. The van der Waals surface area contributed by atoms with E-state index in [1.54, 1.807) is 0 Å². The lowest BCUT2D eigenvalue weighted by molar-refractivity contribution is 0.358. The Labute approximate surface area is 132 Å². The Hall–Kier alpha value is -1.12. The van der Waals surface area contributed by atoms with Gasteiger partial charge in [0.15, 0.2) is 0 Å². The van der Waals surface area contributed by atoms with Gasteiger partial charge in [-0.1, -0.05) is 45.0 Å². The number of benzene rings is 1. The third-order valence-corrected chi connectivity index (χ3v) is 5.94. The number of fused-ring (bicyclic) bond motifs is 1. The summed E-state index contributed by atoms with van der Waals surface area (Å²) in [7, 11) is 0. The summed E-state index contributed by atoms with van der Waals surface area (Å²) < 4.78 is 0. The minimum Gasteiger partial charge on any atom is -0.305 e. The van der Waals surface area contributed by atoms with Gasteiger partial charge in [0.2, 0.25) is 0 Å². The van der Waals surface area contributed by atoms with Gasteiger partial charge in [-0.15, -0.1) is 11.3 Å². The number of nitrogens with one attached hydrogen (secondary N) is 1. The minimum atomic E-state index is 0.313. The highest BCUT2D eigenvalue weighted by Gasteiger charge is 2.31. The highest BCUT2D eigenvalue weighted by Crippen LogP contribution is 2.41. The lowest BCUT2D eigenvalue weighted by Gasteiger charge is -2.37. The largest absolute Gasteiger partial charge is 0.305 e. The van der Waals surface area contributed by atoms with Crippen molar-refractivity contribution in [3.05, 3.63) is 57.3 Å². The Kier molecular flexibility index (Phi) is 4.19. The summed E-state index contributed by atoms with van der Waals surface area (Å²) in [5, 5.41) is 3.78. The number of thiophene rings is 1. The molecule has 0 aliphatic heterocycles. The van der Waals surface area contributed by atoms with Crippen LogP contribution in [0.5, 0.6) is 0 Å². The van der Waals surface area contributed by atoms with Crippen LogP contribution in [0.4, 0.5) is 0 Å². The second-order valence-corrected chi connectivity index (χ2v) is 7.92. The highest BCUT2D eigenvalue weighted by atomic mass is 32.1. The molecule has 0 fully saturated rings. The average molecular weight is 299 g/mol. The first-order chi connectivity index (χ1) is 10.1. The van der Waals surface area contributed by atoms with Gasteiger partial charge in [0, 0.05) is 22.3 Å². The zero-order valence-electron chi connectivity index (χ0n) is 13.3. The molecule has 1 heterocycles. The minimum absolute atomic E-state index is 0.313. The van der Waals surface area contributed by atoms with Gasteiger partial charge >= 0.3 is 0 Å². The molecule has 0 amide bonds. The topological polar surface area (TPSA) is 12.0 Å². The van der Waals surface area contributed by atoms with Crippen molar-refractivity contribution in [2.24, 2.45) is 0 Å². The van der Waals surface area contributed by atoms with E-state index in [1.165, 1.54) is 33.7 Å². The maximum atomic E-state index is 3.78. The molecule has 2 aromatic rings. The molecule has 21 heavy (non-hydrogen) atoms. The van der Waals surface area contributed by atoms with Gasteiger partial charge in [-0.05, 0) is 47.9 Å². The number of hydrogen-bond acceptors (Lipinski definition) is 2. The Morgan fingerprint density at radius 3 is 2.67 bits per heavy atom. The SMILES string of the molecule is CCc1ccc(CNC2CCC(C)(C)c3ccccc32)s1. The second kappa shape index (κ2) is 5.94. The maximum Gasteiger partial charge on any atom is 0.0326 e. The quantitative estimate of drug-likeness (QED) is 0.817. The van der Waals surface area contributed by atoms with Gasteiger partial charge in [0.05, 0.1) is 0 Å². The Bertz CT molecular complexity index is 612. The highest BCUT2D eigenvalue weighted by molar-refractivity contribution is 7.11. The molecule has 1 atom stereocenters. The van der Waals surface area contributed by atoms with Gasteiger partial charge in [0.25, 0.3) is 0 Å². The Morgan fingerprint density at radius 1 is 1.14 bits per heavy atom. The van der Waals surface area contributed by atoms with Gasteiger partial charge in [-0.3, -0.25) is 0 Å². The summed E-state index contributed by atoms with van der Waals surface area (Å²) in [4.78, 5) is 2.94. The predicted molar refractivity (Wildman–Crippen MR) is 92.0 cm³/mol. The molecule has 0 saturated carbocycles. The van der Waals surface area contributed by atoms with Crippen LogP contribution in [0.15, 0.2) is 36.4 Å². The molecule has 1 unspecified atom stereocenters. The van der Waals surface area contributed by atoms with Gasteiger partial charge < -0.3 is 5.32 Å². The third-order valence-electron chi connectivity index (χ3n) is 4.71. The van der Waals surface area contributed by atoms with Crippen LogP contribution in [-0.4, -0.2) is 0 Å². The van der Waals surface area contributed by atoms with E-state index in [0.717, 1.165) is 13.0 Å². The lowest BCUT2D eigenvalue weighted by atomic mass is 9.71. The van der Waals surface area contributed by atoms with Crippen molar-refractivity contribution in [1.82, 2.24) is 5.32 Å². The molecule has 1 aromatic heterocycles. The fourth-order valence-electron chi connectivity index (χ4n) is 3.36. The fourth-order valence-corrected chi connectivity index (χ4v) is 4.26. The van der Waals surface area contributed by atoms with E-state index in [1.807, 2.05) is 11.3 Å². The van der Waals surface area contributed by atoms with Crippen molar-refractivity contribution < 1.29 is 0 Å². The molecule has 1 N–H and O–H groups in total. The van der Waals surface area contributed by atoms with Crippen molar-refractivity contribution in [2.75, 3.05) is 0 Å². The molecule has 1 nitrogen and oxygen atoms in total. The molecule has 3 rings (SSSR count). The molecule has 0 saturated heterocycles. The van der Waals surface area contributed by atoms with E-state index in [0.29, 0.717) is 11.5 Å². The Balaban J connectivity index is 1.75. The van der Waals surface area contributed by atoms with Gasteiger partial charge in [-0.2, -0.15) is 0 Å². The van der Waals surface area contributed by atoms with Crippen molar-refractivity contribution in [2.45, 2.75) is 58.0 Å². The monoisotopic (exact) mass is 299 g/mol. The summed E-state index contributed by atoms with van der Waals surface area (Å²) in [6, 6.07) is 14.0. The molecule has 2 heteroatoms. The van der Waals surface area contributed by atoms with E-state index in [4.69, 9.17) is 0 Å². The van der Waals surface area contributed by atoms with Crippen LogP contribution >= 0.6 is 11.3 Å². The summed E-state index contributed by atoms with van der Waals surface area (Å²) in [6.45, 7) is 7.95. The molecule has 0 radical (unpaired) electrons. The third kappa shape index (κ3) is 3.07. The normalized spacial score (nSPS) is 20.2. The molecule has 0 bridgehead atoms. The zero-order chi connectivity index (χ0) is 14.9. The van der Waals surface area contributed by atoms with E-state index in [2.05, 4.69) is 62.5 Å². The molecule has 1 aliphatic rings. The standard InChI is InChI=1S/C19H25NS/c1-4-14-9-10-15(21-14)13-20-18-11-12-19(2,3)17-8-6-5-7-16(17)18/h5-10,18,20H,4,11-13H2,1-3H3. The molecule has 1 aliphatic carbocycles. The smallest absolute Gasteiger partial charge is 0.0326 e. The van der Waals surface area contributed by atoms with Crippen LogP contribution in [0.2, 0.25) is 0 Å². The summed E-state index contributed by atoms with van der Waals surface area (Å²) >= 11 is 1.94. The zero-order valence-corrected chi connectivity index (χ0v) is 14.1. The van der Waals surface area contributed by atoms with E-state index in [9.17, 15) is 0 Å². The van der Waals surface area contributed by atoms with Crippen molar-refractivity contribution in [3.63, 3.8) is 0 Å². The number of rotatable bonds is 4. The number of hydrogen-bond donors (Lipinski definition) is 1. The summed E-state index contributed by atoms with van der Waals surface area (Å²) in [6.07, 6.45) is 3.63. The molecule has 1 aromatic carbocycles. The van der Waals surface area contributed by atoms with Crippen molar-refractivity contribution >= 4 is 11.3 Å². The van der Waals surface area contributed by atoms with Crippen LogP contribution in [0, 0.1) is 0 Å². The van der Waals surface area contributed by atoms with Crippen LogP contribution < -0.4 is 5.32 Å². The summed E-state index contributed by atoms with van der Waals surface area (Å²) in [5.74, 6) is 0. The van der Waals surface area contributed by atoms with E-state index < -0.39 is 0 Å².